The van der Waals surface area contributed by atoms with Crippen LogP contribution in [0, 0.1) is 6.92 Å². The molecule has 0 saturated carbocycles. The Bertz CT molecular complexity index is 578. The van der Waals surface area contributed by atoms with Gasteiger partial charge < -0.3 is 15.8 Å². The van der Waals surface area contributed by atoms with E-state index in [4.69, 9.17) is 10.5 Å². The van der Waals surface area contributed by atoms with Gasteiger partial charge in [-0.25, -0.2) is 0 Å². The lowest BCUT2D eigenvalue weighted by molar-refractivity contribution is 0.103. The molecule has 0 spiro atoms. The van der Waals surface area contributed by atoms with Gasteiger partial charge in [-0.15, -0.1) is 11.3 Å². The number of nitrogens with one attached hydrogen (secondary N) is 1. The first-order valence-corrected chi connectivity index (χ1v) is 6.28. The number of nitrogens with two attached hydrogens (primary N) is 1. The molecular weight excluding hydrogens is 248 g/mol. The Labute approximate surface area is 109 Å². The van der Waals surface area contributed by atoms with Crippen molar-refractivity contribution in [3.8, 4) is 5.75 Å². The van der Waals surface area contributed by atoms with Crippen LogP contribution in [-0.4, -0.2) is 13.0 Å². The quantitative estimate of drug-likeness (QED) is 0.836. The van der Waals surface area contributed by atoms with Gasteiger partial charge in [0.1, 0.15) is 5.75 Å². The molecule has 4 nitrogen and oxygen atoms in total. The van der Waals surface area contributed by atoms with E-state index in [1.54, 1.807) is 30.7 Å². The molecule has 0 bridgehead atoms. The number of ether oxygens (including phenoxy) is 1. The Hall–Kier alpha value is -2.01. The molecule has 0 radical (unpaired) electrons. The van der Waals surface area contributed by atoms with Crippen molar-refractivity contribution in [1.29, 1.82) is 0 Å². The fraction of sp³-hybridized carbons (Fsp3) is 0.154. The largest absolute Gasteiger partial charge is 0.496 e. The molecule has 0 atom stereocenters. The normalized spacial score (nSPS) is 10.1. The number of hydrogen-bond donors (Lipinski definition) is 2. The van der Waals surface area contributed by atoms with Crippen molar-refractivity contribution < 1.29 is 9.53 Å². The van der Waals surface area contributed by atoms with Gasteiger partial charge in [-0.2, -0.15) is 0 Å². The molecule has 2 aromatic rings. The lowest BCUT2D eigenvalue weighted by Gasteiger charge is -2.07. The van der Waals surface area contributed by atoms with E-state index in [-0.39, 0.29) is 5.91 Å². The minimum Gasteiger partial charge on any atom is -0.496 e. The van der Waals surface area contributed by atoms with E-state index in [1.165, 1.54) is 11.3 Å². The van der Waals surface area contributed by atoms with E-state index < -0.39 is 0 Å². The molecule has 0 aliphatic rings. The van der Waals surface area contributed by atoms with Gasteiger partial charge in [-0.05, 0) is 30.7 Å². The Morgan fingerprint density at radius 2 is 2.17 bits per heavy atom. The zero-order chi connectivity index (χ0) is 13.1. The molecule has 1 amide bonds. The second-order valence-electron chi connectivity index (χ2n) is 3.88. The first kappa shape index (κ1) is 12.4. The van der Waals surface area contributed by atoms with Gasteiger partial charge in [0.2, 0.25) is 0 Å². The number of benzene rings is 1. The van der Waals surface area contributed by atoms with Crippen LogP contribution in [0.25, 0.3) is 0 Å². The van der Waals surface area contributed by atoms with Crippen LogP contribution in [0.15, 0.2) is 29.6 Å². The number of anilines is 2. The van der Waals surface area contributed by atoms with Crippen molar-refractivity contribution in [3.63, 3.8) is 0 Å². The predicted molar refractivity (Wildman–Crippen MR) is 74.4 cm³/mol. The molecule has 0 fully saturated rings. The summed E-state index contributed by atoms with van der Waals surface area (Å²) in [4.78, 5) is 12.6. The summed E-state index contributed by atoms with van der Waals surface area (Å²) in [6, 6.07) is 7.10. The van der Waals surface area contributed by atoms with Crippen LogP contribution >= 0.6 is 11.3 Å². The van der Waals surface area contributed by atoms with Crippen molar-refractivity contribution in [1.82, 2.24) is 0 Å². The average molecular weight is 262 g/mol. The van der Waals surface area contributed by atoms with Gasteiger partial charge in [0.25, 0.3) is 5.91 Å². The highest BCUT2D eigenvalue weighted by molar-refractivity contribution is 7.12. The van der Waals surface area contributed by atoms with Gasteiger partial charge in [-0.3, -0.25) is 4.79 Å². The van der Waals surface area contributed by atoms with Crippen LogP contribution in [0.2, 0.25) is 0 Å². The standard InChI is InChI=1S/C13H14N2O2S/c1-8-5-9(14)3-4-11(8)15-13(16)12-6-10(17-2)7-18-12/h3-7H,14H2,1-2H3,(H,15,16). The number of carbonyl (C=O) groups excluding carboxylic acids is 1. The van der Waals surface area contributed by atoms with Crippen molar-refractivity contribution in [3.05, 3.63) is 40.1 Å². The summed E-state index contributed by atoms with van der Waals surface area (Å²) >= 11 is 1.35. The SMILES string of the molecule is COc1csc(C(=O)Nc2ccc(N)cc2C)c1. The summed E-state index contributed by atoms with van der Waals surface area (Å²) < 4.78 is 5.05. The number of carbonyl (C=O) groups is 1. The van der Waals surface area contributed by atoms with Crippen LogP contribution in [0.1, 0.15) is 15.2 Å². The summed E-state index contributed by atoms with van der Waals surface area (Å²) in [5.74, 6) is 0.551. The molecule has 0 saturated heterocycles. The van der Waals surface area contributed by atoms with Crippen molar-refractivity contribution in [2.24, 2.45) is 0 Å². The molecule has 94 valence electrons. The molecule has 2 rings (SSSR count). The van der Waals surface area contributed by atoms with Crippen LogP contribution < -0.4 is 15.8 Å². The first-order chi connectivity index (χ1) is 8.60. The minimum atomic E-state index is -0.142. The molecule has 18 heavy (non-hydrogen) atoms. The summed E-state index contributed by atoms with van der Waals surface area (Å²) in [5, 5.41) is 4.65. The van der Waals surface area contributed by atoms with Gasteiger partial charge in [0, 0.05) is 22.8 Å². The molecule has 0 aliphatic carbocycles. The number of hydrogen-bond acceptors (Lipinski definition) is 4. The Balaban J connectivity index is 2.16. The number of amides is 1. The highest BCUT2D eigenvalue weighted by atomic mass is 32.1. The van der Waals surface area contributed by atoms with E-state index in [1.807, 2.05) is 13.0 Å². The zero-order valence-electron chi connectivity index (χ0n) is 10.2. The van der Waals surface area contributed by atoms with Gasteiger partial charge >= 0.3 is 0 Å². The van der Waals surface area contributed by atoms with Gasteiger partial charge in [-0.1, -0.05) is 0 Å². The molecule has 5 heteroatoms. The lowest BCUT2D eigenvalue weighted by Crippen LogP contribution is -2.11. The highest BCUT2D eigenvalue weighted by Crippen LogP contribution is 2.23. The number of aryl methyl sites for hydroxylation is 1. The topological polar surface area (TPSA) is 64.3 Å². The zero-order valence-corrected chi connectivity index (χ0v) is 11.0. The fourth-order valence-corrected chi connectivity index (χ4v) is 2.31. The summed E-state index contributed by atoms with van der Waals surface area (Å²) in [7, 11) is 1.58. The second kappa shape index (κ2) is 5.10. The predicted octanol–water partition coefficient (Wildman–Crippen LogP) is 2.90. The summed E-state index contributed by atoms with van der Waals surface area (Å²) in [5.41, 5.74) is 8.05. The Kier molecular flexibility index (Phi) is 3.53. The third-order valence-corrected chi connectivity index (χ3v) is 3.44. The third-order valence-electron chi connectivity index (χ3n) is 2.53. The molecule has 3 N–H and O–H groups in total. The first-order valence-electron chi connectivity index (χ1n) is 5.40. The maximum Gasteiger partial charge on any atom is 0.265 e. The van der Waals surface area contributed by atoms with E-state index >= 15 is 0 Å². The number of methoxy groups -OCH3 is 1. The van der Waals surface area contributed by atoms with Crippen LogP contribution in [0.5, 0.6) is 5.75 Å². The lowest BCUT2D eigenvalue weighted by atomic mass is 10.2. The average Bonchev–Trinajstić information content (AvgIpc) is 2.81. The van der Waals surface area contributed by atoms with Crippen LogP contribution in [0.4, 0.5) is 11.4 Å². The molecule has 1 aromatic heterocycles. The van der Waals surface area contributed by atoms with Gasteiger partial charge in [0.05, 0.1) is 12.0 Å². The van der Waals surface area contributed by atoms with E-state index in [9.17, 15) is 4.79 Å². The summed E-state index contributed by atoms with van der Waals surface area (Å²) in [6.45, 7) is 1.90. The van der Waals surface area contributed by atoms with Crippen molar-refractivity contribution in [2.75, 3.05) is 18.2 Å². The number of rotatable bonds is 3. The fourth-order valence-electron chi connectivity index (χ4n) is 1.56. The van der Waals surface area contributed by atoms with E-state index in [0.717, 1.165) is 11.3 Å². The maximum atomic E-state index is 12.0. The summed E-state index contributed by atoms with van der Waals surface area (Å²) in [6.07, 6.45) is 0. The van der Waals surface area contributed by atoms with Crippen LogP contribution in [0.3, 0.4) is 0 Å². The Morgan fingerprint density at radius 3 is 2.78 bits per heavy atom. The molecule has 0 aliphatic heterocycles. The molecule has 0 unspecified atom stereocenters. The number of nitrogen functional groups attached to an aromatic ring is 1. The van der Waals surface area contributed by atoms with E-state index in [0.29, 0.717) is 16.3 Å². The highest BCUT2D eigenvalue weighted by Gasteiger charge is 2.10. The smallest absolute Gasteiger partial charge is 0.265 e. The molecular formula is C13H14N2O2S. The monoisotopic (exact) mass is 262 g/mol. The Morgan fingerprint density at radius 1 is 1.39 bits per heavy atom. The maximum absolute atomic E-state index is 12.0. The second-order valence-corrected chi connectivity index (χ2v) is 4.79. The van der Waals surface area contributed by atoms with Crippen molar-refractivity contribution in [2.45, 2.75) is 6.92 Å². The molecule has 1 heterocycles. The third kappa shape index (κ3) is 2.62. The molecule has 1 aromatic carbocycles. The number of thiophene rings is 1. The van der Waals surface area contributed by atoms with Crippen molar-refractivity contribution >= 4 is 28.6 Å². The minimum absolute atomic E-state index is 0.142. The van der Waals surface area contributed by atoms with Gasteiger partial charge in [0.15, 0.2) is 0 Å². The van der Waals surface area contributed by atoms with Crippen LogP contribution in [-0.2, 0) is 0 Å². The van der Waals surface area contributed by atoms with E-state index in [2.05, 4.69) is 5.32 Å².